The van der Waals surface area contributed by atoms with E-state index in [2.05, 4.69) is 30.6 Å². The highest BCUT2D eigenvalue weighted by atomic mass is 19.1. The first-order chi connectivity index (χ1) is 17.5. The van der Waals surface area contributed by atoms with Crippen LogP contribution in [0, 0.1) is 17.7 Å². The molecule has 4 aromatic rings. The number of anilines is 1. The second kappa shape index (κ2) is 10.4. The van der Waals surface area contributed by atoms with E-state index in [-0.39, 0.29) is 34.7 Å². The minimum atomic E-state index is -0.977. The number of rotatable bonds is 8. The fourth-order valence-corrected chi connectivity index (χ4v) is 4.37. The smallest absolute Gasteiger partial charge is 0.277 e. The first-order valence-electron chi connectivity index (χ1n) is 11.8. The summed E-state index contributed by atoms with van der Waals surface area (Å²) in [5, 5.41) is 13.8. The van der Waals surface area contributed by atoms with E-state index in [0.29, 0.717) is 24.2 Å². The molecular formula is C24H25F2N7O3. The standard InChI is InChI=1S/C24H25F2N7O3/c1-2-35-12-14-3-5-17(6-4-14)33-11-19(22(32-33)18-7-16(25)8-21(26)29-18)30-23(34)20-13-36-24(31-20)15-9-27-28-10-15/h7-11,13-14,17H,2-6,12H2,1H3,(H,27,28)(H,30,34). The molecule has 1 aliphatic rings. The minimum Gasteiger partial charge on any atom is -0.444 e. The summed E-state index contributed by atoms with van der Waals surface area (Å²) >= 11 is 0. The third-order valence-corrected chi connectivity index (χ3v) is 6.21. The molecule has 0 aromatic carbocycles. The molecule has 36 heavy (non-hydrogen) atoms. The fraction of sp³-hybridized carbons (Fsp3) is 0.375. The predicted molar refractivity (Wildman–Crippen MR) is 125 cm³/mol. The maximum absolute atomic E-state index is 14.0. The van der Waals surface area contributed by atoms with E-state index >= 15 is 0 Å². The van der Waals surface area contributed by atoms with Crippen molar-refractivity contribution in [3.63, 3.8) is 0 Å². The largest absolute Gasteiger partial charge is 0.444 e. The topological polar surface area (TPSA) is 124 Å². The van der Waals surface area contributed by atoms with Gasteiger partial charge in [0.05, 0.1) is 29.2 Å². The van der Waals surface area contributed by atoms with Gasteiger partial charge >= 0.3 is 0 Å². The molecule has 4 aromatic heterocycles. The number of aromatic nitrogens is 6. The van der Waals surface area contributed by atoms with Gasteiger partial charge in [-0.3, -0.25) is 14.6 Å². The van der Waals surface area contributed by atoms with E-state index in [9.17, 15) is 13.6 Å². The van der Waals surface area contributed by atoms with E-state index in [1.54, 1.807) is 17.1 Å². The molecule has 5 rings (SSSR count). The summed E-state index contributed by atoms with van der Waals surface area (Å²) in [4.78, 5) is 21.0. The van der Waals surface area contributed by atoms with Crippen LogP contribution in [0.25, 0.3) is 22.8 Å². The second-order valence-electron chi connectivity index (χ2n) is 8.68. The molecule has 1 amide bonds. The van der Waals surface area contributed by atoms with Gasteiger partial charge in [0.25, 0.3) is 5.91 Å². The van der Waals surface area contributed by atoms with Gasteiger partial charge in [-0.15, -0.1) is 0 Å². The lowest BCUT2D eigenvalue weighted by Crippen LogP contribution is -2.21. The summed E-state index contributed by atoms with van der Waals surface area (Å²) in [6, 6.07) is 1.84. The number of nitrogens with one attached hydrogen (secondary N) is 2. The Labute approximate surface area is 205 Å². The van der Waals surface area contributed by atoms with Crippen molar-refractivity contribution >= 4 is 11.6 Å². The van der Waals surface area contributed by atoms with Crippen molar-refractivity contribution in [3.8, 4) is 22.8 Å². The number of carbonyl (C=O) groups is 1. The number of H-pyrrole nitrogens is 1. The van der Waals surface area contributed by atoms with E-state index in [4.69, 9.17) is 9.15 Å². The van der Waals surface area contributed by atoms with Crippen LogP contribution in [0.1, 0.15) is 49.1 Å². The number of hydrogen-bond acceptors (Lipinski definition) is 7. The number of hydrogen-bond donors (Lipinski definition) is 2. The number of oxazole rings is 1. The quantitative estimate of drug-likeness (QED) is 0.340. The monoisotopic (exact) mass is 497 g/mol. The van der Waals surface area contributed by atoms with Crippen LogP contribution < -0.4 is 5.32 Å². The fourth-order valence-electron chi connectivity index (χ4n) is 4.37. The average molecular weight is 498 g/mol. The maximum atomic E-state index is 14.0. The highest BCUT2D eigenvalue weighted by molar-refractivity contribution is 6.04. The molecule has 0 spiro atoms. The summed E-state index contributed by atoms with van der Waals surface area (Å²) in [6.07, 6.45) is 9.69. The van der Waals surface area contributed by atoms with Crippen molar-refractivity contribution < 1.29 is 22.7 Å². The predicted octanol–water partition coefficient (Wildman–Crippen LogP) is 4.62. The molecule has 0 radical (unpaired) electrons. The number of nitrogens with zero attached hydrogens (tertiary/aromatic N) is 5. The first kappa shape index (κ1) is 23.8. The van der Waals surface area contributed by atoms with Gasteiger partial charge in [0.15, 0.2) is 5.69 Å². The van der Waals surface area contributed by atoms with Crippen LogP contribution >= 0.6 is 0 Å². The molecule has 10 nitrogen and oxygen atoms in total. The lowest BCUT2D eigenvalue weighted by Gasteiger charge is -2.28. The van der Waals surface area contributed by atoms with Gasteiger partial charge in [0.2, 0.25) is 11.8 Å². The van der Waals surface area contributed by atoms with E-state index in [0.717, 1.165) is 38.4 Å². The van der Waals surface area contributed by atoms with Crippen LogP contribution in [0.3, 0.4) is 0 Å². The summed E-state index contributed by atoms with van der Waals surface area (Å²) in [7, 11) is 0. The summed E-state index contributed by atoms with van der Waals surface area (Å²) in [6.45, 7) is 3.41. The molecule has 4 heterocycles. The van der Waals surface area contributed by atoms with Crippen molar-refractivity contribution in [2.24, 2.45) is 5.92 Å². The lowest BCUT2D eigenvalue weighted by molar-refractivity contribution is 0.0863. The van der Waals surface area contributed by atoms with Crippen LogP contribution in [0.4, 0.5) is 14.5 Å². The van der Waals surface area contributed by atoms with Crippen molar-refractivity contribution in [1.82, 2.24) is 29.9 Å². The van der Waals surface area contributed by atoms with Gasteiger partial charge in [-0.2, -0.15) is 14.6 Å². The molecular weight excluding hydrogens is 472 g/mol. The van der Waals surface area contributed by atoms with Gasteiger partial charge < -0.3 is 14.5 Å². The Morgan fingerprint density at radius 3 is 2.81 bits per heavy atom. The maximum Gasteiger partial charge on any atom is 0.277 e. The zero-order valence-electron chi connectivity index (χ0n) is 19.6. The SMILES string of the molecule is CCOCC1CCC(n2cc(NC(=O)c3coc(-c4cn[nH]c4)n3)c(-c3cc(F)cc(F)n3)n2)CC1. The normalized spacial score (nSPS) is 17.9. The Morgan fingerprint density at radius 1 is 1.25 bits per heavy atom. The van der Waals surface area contributed by atoms with E-state index in [1.165, 1.54) is 12.5 Å². The van der Waals surface area contributed by atoms with Crippen LogP contribution in [0.15, 0.2) is 41.4 Å². The van der Waals surface area contributed by atoms with Gasteiger partial charge in [-0.1, -0.05) is 0 Å². The molecule has 0 saturated heterocycles. The molecule has 0 atom stereocenters. The molecule has 1 fully saturated rings. The highest BCUT2D eigenvalue weighted by Crippen LogP contribution is 2.35. The zero-order valence-corrected chi connectivity index (χ0v) is 19.6. The van der Waals surface area contributed by atoms with Gasteiger partial charge in [-0.05, 0) is 38.5 Å². The van der Waals surface area contributed by atoms with Crippen molar-refractivity contribution in [2.75, 3.05) is 18.5 Å². The third-order valence-electron chi connectivity index (χ3n) is 6.21. The summed E-state index contributed by atoms with van der Waals surface area (Å²) < 4.78 is 40.6. The molecule has 0 unspecified atom stereocenters. The highest BCUT2D eigenvalue weighted by Gasteiger charge is 2.26. The van der Waals surface area contributed by atoms with Crippen molar-refractivity contribution in [1.29, 1.82) is 0 Å². The van der Waals surface area contributed by atoms with Crippen LogP contribution in [0.2, 0.25) is 0 Å². The second-order valence-corrected chi connectivity index (χ2v) is 8.68. The summed E-state index contributed by atoms with van der Waals surface area (Å²) in [5.74, 6) is -1.61. The Balaban J connectivity index is 1.40. The first-order valence-corrected chi connectivity index (χ1v) is 11.8. The van der Waals surface area contributed by atoms with Crippen LogP contribution in [-0.2, 0) is 4.74 Å². The van der Waals surface area contributed by atoms with Crippen LogP contribution in [-0.4, -0.2) is 49.1 Å². The molecule has 12 heteroatoms. The lowest BCUT2D eigenvalue weighted by atomic mass is 9.86. The summed E-state index contributed by atoms with van der Waals surface area (Å²) in [5.41, 5.74) is 1.02. The Morgan fingerprint density at radius 2 is 2.08 bits per heavy atom. The number of amides is 1. The number of ether oxygens (including phenoxy) is 1. The van der Waals surface area contributed by atoms with Crippen LogP contribution in [0.5, 0.6) is 0 Å². The van der Waals surface area contributed by atoms with E-state index in [1.807, 2.05) is 6.92 Å². The Hall–Kier alpha value is -3.93. The third kappa shape index (κ3) is 5.18. The Bertz CT molecular complexity index is 1310. The van der Waals surface area contributed by atoms with Gasteiger partial charge in [0.1, 0.15) is 17.8 Å². The van der Waals surface area contributed by atoms with Gasteiger partial charge in [0, 0.05) is 37.7 Å². The van der Waals surface area contributed by atoms with Crippen molar-refractivity contribution in [3.05, 3.63) is 54.4 Å². The number of halogens is 2. The van der Waals surface area contributed by atoms with Gasteiger partial charge in [-0.25, -0.2) is 14.4 Å². The molecule has 1 saturated carbocycles. The molecule has 0 aliphatic heterocycles. The average Bonchev–Trinajstić information content (AvgIpc) is 3.63. The van der Waals surface area contributed by atoms with Crippen molar-refractivity contribution in [2.45, 2.75) is 38.6 Å². The zero-order chi connectivity index (χ0) is 25.1. The van der Waals surface area contributed by atoms with E-state index < -0.39 is 17.7 Å². The minimum absolute atomic E-state index is 0.0224. The molecule has 188 valence electrons. The number of carbonyl (C=O) groups excluding carboxylic acids is 1. The number of aromatic amines is 1. The molecule has 1 aliphatic carbocycles. The Kier molecular flexibility index (Phi) is 6.85. The molecule has 0 bridgehead atoms. The number of pyridine rings is 1. The molecule has 2 N–H and O–H groups in total.